The first kappa shape index (κ1) is 13.7. The molecule has 1 aromatic heterocycles. The minimum atomic E-state index is -0.553. The molecule has 1 heterocycles. The molecule has 20 heavy (non-hydrogen) atoms. The van der Waals surface area contributed by atoms with Crippen LogP contribution < -0.4 is 4.74 Å². The molecule has 7 heteroatoms. The number of rotatable bonds is 6. The van der Waals surface area contributed by atoms with Crippen LogP contribution in [0.15, 0.2) is 36.7 Å². The van der Waals surface area contributed by atoms with Gasteiger partial charge in [-0.25, -0.2) is 0 Å². The lowest BCUT2D eigenvalue weighted by Crippen LogP contribution is -2.12. The van der Waals surface area contributed by atoms with Crippen LogP contribution in [-0.2, 0) is 6.54 Å². The standard InChI is InChI=1S/C13H13N3O4/c1-2-20-13-6-4-3-5-11(13)12(17)9-15-8-10(7-14-15)16(18)19/h3-8H,2,9H2,1H3. The zero-order valence-electron chi connectivity index (χ0n) is 10.9. The van der Waals surface area contributed by atoms with Crippen molar-refractivity contribution in [3.8, 4) is 5.75 Å². The predicted molar refractivity (Wildman–Crippen MR) is 70.8 cm³/mol. The topological polar surface area (TPSA) is 87.3 Å². The monoisotopic (exact) mass is 275 g/mol. The summed E-state index contributed by atoms with van der Waals surface area (Å²) in [5, 5.41) is 14.3. The Morgan fingerprint density at radius 3 is 2.85 bits per heavy atom. The molecule has 0 N–H and O–H groups in total. The smallest absolute Gasteiger partial charge is 0.307 e. The number of hydrogen-bond acceptors (Lipinski definition) is 5. The van der Waals surface area contributed by atoms with Crippen LogP contribution >= 0.6 is 0 Å². The van der Waals surface area contributed by atoms with Crippen molar-refractivity contribution in [1.29, 1.82) is 0 Å². The fraction of sp³-hybridized carbons (Fsp3) is 0.231. The number of ether oxygens (including phenoxy) is 1. The molecule has 2 rings (SSSR count). The van der Waals surface area contributed by atoms with Crippen molar-refractivity contribution in [3.63, 3.8) is 0 Å². The normalized spacial score (nSPS) is 10.2. The van der Waals surface area contributed by atoms with Gasteiger partial charge in [0.1, 0.15) is 24.7 Å². The minimum absolute atomic E-state index is 0.0715. The second-order valence-corrected chi connectivity index (χ2v) is 4.01. The molecule has 0 spiro atoms. The van der Waals surface area contributed by atoms with Gasteiger partial charge in [-0.2, -0.15) is 5.10 Å². The zero-order chi connectivity index (χ0) is 14.5. The number of nitro groups is 1. The van der Waals surface area contributed by atoms with Crippen molar-refractivity contribution in [1.82, 2.24) is 9.78 Å². The molecule has 7 nitrogen and oxygen atoms in total. The third-order valence-corrected chi connectivity index (χ3v) is 2.62. The van der Waals surface area contributed by atoms with E-state index < -0.39 is 4.92 Å². The second kappa shape index (κ2) is 5.96. The molecule has 1 aromatic carbocycles. The van der Waals surface area contributed by atoms with Crippen LogP contribution in [0.25, 0.3) is 0 Å². The van der Waals surface area contributed by atoms with Gasteiger partial charge in [0.25, 0.3) is 0 Å². The summed E-state index contributed by atoms with van der Waals surface area (Å²) in [5.74, 6) is 0.286. The van der Waals surface area contributed by atoms with Crippen molar-refractivity contribution in [2.24, 2.45) is 0 Å². The van der Waals surface area contributed by atoms with Crippen molar-refractivity contribution < 1.29 is 14.5 Å². The minimum Gasteiger partial charge on any atom is -0.493 e. The molecule has 0 saturated heterocycles. The number of nitrogens with zero attached hydrogens (tertiary/aromatic N) is 3. The Hall–Kier alpha value is -2.70. The number of aromatic nitrogens is 2. The van der Waals surface area contributed by atoms with Crippen molar-refractivity contribution in [2.45, 2.75) is 13.5 Å². The van der Waals surface area contributed by atoms with Gasteiger partial charge in [0.05, 0.1) is 17.1 Å². The van der Waals surface area contributed by atoms with Crippen molar-refractivity contribution in [3.05, 3.63) is 52.3 Å². The fourth-order valence-electron chi connectivity index (χ4n) is 1.74. The summed E-state index contributed by atoms with van der Waals surface area (Å²) in [6, 6.07) is 6.88. The summed E-state index contributed by atoms with van der Waals surface area (Å²) in [4.78, 5) is 22.2. The SMILES string of the molecule is CCOc1ccccc1C(=O)Cn1cc([N+](=O)[O-])cn1. The van der Waals surface area contributed by atoms with E-state index in [0.717, 1.165) is 6.20 Å². The molecule has 0 amide bonds. The summed E-state index contributed by atoms with van der Waals surface area (Å²) in [5.41, 5.74) is 0.295. The Kier molecular flexibility index (Phi) is 4.09. The van der Waals surface area contributed by atoms with Gasteiger partial charge in [-0.15, -0.1) is 0 Å². The number of Topliss-reactive ketones (excluding diaryl/α,β-unsaturated/α-hetero) is 1. The molecule has 0 aliphatic carbocycles. The van der Waals surface area contributed by atoms with E-state index in [-0.39, 0.29) is 18.0 Å². The van der Waals surface area contributed by atoms with Crippen LogP contribution in [0.3, 0.4) is 0 Å². The molecule has 0 unspecified atom stereocenters. The van der Waals surface area contributed by atoms with E-state index in [1.54, 1.807) is 24.3 Å². The van der Waals surface area contributed by atoms with E-state index in [9.17, 15) is 14.9 Å². The predicted octanol–water partition coefficient (Wildman–Crippen LogP) is 2.07. The third kappa shape index (κ3) is 3.00. The zero-order valence-corrected chi connectivity index (χ0v) is 10.9. The average Bonchev–Trinajstić information content (AvgIpc) is 2.88. The number of hydrogen-bond donors (Lipinski definition) is 0. The highest BCUT2D eigenvalue weighted by Crippen LogP contribution is 2.19. The van der Waals surface area contributed by atoms with Gasteiger partial charge in [0.2, 0.25) is 0 Å². The van der Waals surface area contributed by atoms with Crippen molar-refractivity contribution in [2.75, 3.05) is 6.61 Å². The van der Waals surface area contributed by atoms with Gasteiger partial charge >= 0.3 is 5.69 Å². The van der Waals surface area contributed by atoms with Gasteiger partial charge in [-0.05, 0) is 19.1 Å². The molecule has 0 bridgehead atoms. The van der Waals surface area contributed by atoms with Crippen LogP contribution in [-0.4, -0.2) is 27.1 Å². The highest BCUT2D eigenvalue weighted by Gasteiger charge is 2.15. The quantitative estimate of drug-likeness (QED) is 0.457. The van der Waals surface area contributed by atoms with E-state index in [2.05, 4.69) is 5.10 Å². The Morgan fingerprint density at radius 2 is 2.20 bits per heavy atom. The third-order valence-electron chi connectivity index (χ3n) is 2.62. The molecule has 0 aliphatic heterocycles. The summed E-state index contributed by atoms with van der Waals surface area (Å²) in [6.45, 7) is 2.22. The van der Waals surface area contributed by atoms with Crippen LogP contribution in [0.4, 0.5) is 5.69 Å². The lowest BCUT2D eigenvalue weighted by atomic mass is 10.1. The van der Waals surface area contributed by atoms with E-state index in [0.29, 0.717) is 17.9 Å². The Balaban J connectivity index is 2.17. The molecule has 0 aliphatic rings. The first-order valence-electron chi connectivity index (χ1n) is 6.03. The van der Waals surface area contributed by atoms with E-state index in [1.165, 1.54) is 10.9 Å². The Labute approximate surface area is 114 Å². The molecule has 0 saturated carbocycles. The lowest BCUT2D eigenvalue weighted by Gasteiger charge is -2.08. The van der Waals surface area contributed by atoms with Gasteiger partial charge < -0.3 is 4.74 Å². The number of benzene rings is 1. The first-order valence-corrected chi connectivity index (χ1v) is 6.03. The van der Waals surface area contributed by atoms with Crippen LogP contribution in [0, 0.1) is 10.1 Å². The van der Waals surface area contributed by atoms with E-state index in [1.807, 2.05) is 6.92 Å². The Morgan fingerprint density at radius 1 is 1.45 bits per heavy atom. The number of ketones is 1. The Bertz CT molecular complexity index is 636. The van der Waals surface area contributed by atoms with Crippen LogP contribution in [0.5, 0.6) is 5.75 Å². The van der Waals surface area contributed by atoms with Gasteiger partial charge in [0.15, 0.2) is 5.78 Å². The molecule has 0 atom stereocenters. The number of carbonyl (C=O) groups excluding carboxylic acids is 1. The molecule has 0 fully saturated rings. The highest BCUT2D eigenvalue weighted by atomic mass is 16.6. The number of para-hydroxylation sites is 1. The first-order chi connectivity index (χ1) is 9.61. The highest BCUT2D eigenvalue weighted by molar-refractivity contribution is 5.98. The molecule has 104 valence electrons. The summed E-state index contributed by atoms with van der Waals surface area (Å²) < 4.78 is 6.62. The van der Waals surface area contributed by atoms with Crippen LogP contribution in [0.2, 0.25) is 0 Å². The van der Waals surface area contributed by atoms with Gasteiger partial charge in [-0.3, -0.25) is 19.6 Å². The van der Waals surface area contributed by atoms with Gasteiger partial charge in [-0.1, -0.05) is 12.1 Å². The number of carbonyl (C=O) groups is 1. The second-order valence-electron chi connectivity index (χ2n) is 4.01. The summed E-state index contributed by atoms with van der Waals surface area (Å²) in [7, 11) is 0. The molecule has 0 radical (unpaired) electrons. The maximum absolute atomic E-state index is 12.2. The average molecular weight is 275 g/mol. The molecular formula is C13H13N3O4. The largest absolute Gasteiger partial charge is 0.493 e. The van der Waals surface area contributed by atoms with Gasteiger partial charge in [0, 0.05) is 0 Å². The van der Waals surface area contributed by atoms with E-state index >= 15 is 0 Å². The molecular weight excluding hydrogens is 262 g/mol. The maximum atomic E-state index is 12.2. The summed E-state index contributed by atoms with van der Waals surface area (Å²) in [6.07, 6.45) is 2.34. The van der Waals surface area contributed by atoms with Crippen LogP contribution in [0.1, 0.15) is 17.3 Å². The van der Waals surface area contributed by atoms with Crippen molar-refractivity contribution >= 4 is 11.5 Å². The maximum Gasteiger partial charge on any atom is 0.307 e. The summed E-state index contributed by atoms with van der Waals surface area (Å²) >= 11 is 0. The lowest BCUT2D eigenvalue weighted by molar-refractivity contribution is -0.385. The fourth-order valence-corrected chi connectivity index (χ4v) is 1.74. The molecule has 2 aromatic rings. The van der Waals surface area contributed by atoms with E-state index in [4.69, 9.17) is 4.74 Å².